The second kappa shape index (κ2) is 9.25. The van der Waals surface area contributed by atoms with Gasteiger partial charge in [0.15, 0.2) is 5.82 Å². The lowest BCUT2D eigenvalue weighted by Gasteiger charge is -2.16. The lowest BCUT2D eigenvalue weighted by molar-refractivity contribution is 0.416. The number of nitrogens with zero attached hydrogens (tertiary/aromatic N) is 3. The molecule has 1 N–H and O–H groups in total. The summed E-state index contributed by atoms with van der Waals surface area (Å²) < 4.78 is 38.4. The number of rotatable bonds is 6. The molecule has 10 heteroatoms. The van der Waals surface area contributed by atoms with E-state index in [9.17, 15) is 8.42 Å². The highest BCUT2D eigenvalue weighted by molar-refractivity contribution is 7.92. The Bertz CT molecular complexity index is 1700. The summed E-state index contributed by atoms with van der Waals surface area (Å²) in [4.78, 5) is 8.86. The molecular formula is C26H21ClN4O4S. The summed E-state index contributed by atoms with van der Waals surface area (Å²) in [6.07, 6.45) is 2.69. The highest BCUT2D eigenvalue weighted by atomic mass is 35.5. The standard InChI is InChI=1S/C26H21ClN4O4S/c1-15-4-5-17(27)11-20(15)21-13-24(34-3)22(10-16(21)2)26-19-7-6-18(12-23(19)28-14-29-26)36(32,33)31-25-8-9-35-30-25/h4-14H,1-3H3,(H,30,31). The van der Waals surface area contributed by atoms with E-state index in [1.54, 1.807) is 13.2 Å². The summed E-state index contributed by atoms with van der Waals surface area (Å²) in [6.45, 7) is 4.05. The third-order valence-corrected chi connectivity index (χ3v) is 7.47. The molecule has 0 spiro atoms. The highest BCUT2D eigenvalue weighted by Crippen LogP contribution is 2.39. The second-order valence-electron chi connectivity index (χ2n) is 8.22. The van der Waals surface area contributed by atoms with Crippen molar-refractivity contribution in [1.29, 1.82) is 0 Å². The highest BCUT2D eigenvalue weighted by Gasteiger charge is 2.20. The van der Waals surface area contributed by atoms with Crippen LogP contribution in [0.2, 0.25) is 5.02 Å². The fourth-order valence-corrected chi connectivity index (χ4v) is 5.28. The predicted molar refractivity (Wildman–Crippen MR) is 139 cm³/mol. The van der Waals surface area contributed by atoms with Crippen LogP contribution in [0.25, 0.3) is 33.3 Å². The molecule has 0 radical (unpaired) electrons. The minimum Gasteiger partial charge on any atom is -0.496 e. The molecule has 5 rings (SSSR count). The maximum Gasteiger partial charge on any atom is 0.263 e. The molecule has 8 nitrogen and oxygen atoms in total. The molecule has 182 valence electrons. The number of sulfonamides is 1. The van der Waals surface area contributed by atoms with Crippen LogP contribution in [0.4, 0.5) is 5.82 Å². The topological polar surface area (TPSA) is 107 Å². The number of benzene rings is 3. The average Bonchev–Trinajstić information content (AvgIpc) is 3.37. The first-order chi connectivity index (χ1) is 17.3. The first-order valence-corrected chi connectivity index (χ1v) is 12.8. The van der Waals surface area contributed by atoms with E-state index >= 15 is 0 Å². The quantitative estimate of drug-likeness (QED) is 0.291. The van der Waals surface area contributed by atoms with Gasteiger partial charge in [0.1, 0.15) is 18.3 Å². The van der Waals surface area contributed by atoms with E-state index in [1.165, 1.54) is 30.8 Å². The Morgan fingerprint density at radius 1 is 0.917 bits per heavy atom. The minimum atomic E-state index is -3.88. The molecule has 0 atom stereocenters. The number of fused-ring (bicyclic) bond motifs is 1. The van der Waals surface area contributed by atoms with Crippen LogP contribution >= 0.6 is 11.6 Å². The van der Waals surface area contributed by atoms with Crippen molar-refractivity contribution in [2.24, 2.45) is 0 Å². The normalized spacial score (nSPS) is 11.6. The Hall–Kier alpha value is -3.95. The minimum absolute atomic E-state index is 0.0394. The van der Waals surface area contributed by atoms with Crippen LogP contribution in [0.5, 0.6) is 5.75 Å². The molecule has 5 aromatic rings. The van der Waals surface area contributed by atoms with Gasteiger partial charge in [-0.1, -0.05) is 22.8 Å². The molecule has 0 amide bonds. The number of nitrogens with one attached hydrogen (secondary N) is 1. The van der Waals surface area contributed by atoms with Crippen LogP contribution < -0.4 is 9.46 Å². The largest absolute Gasteiger partial charge is 0.496 e. The molecule has 0 aliphatic heterocycles. The van der Waals surface area contributed by atoms with Gasteiger partial charge in [-0.2, -0.15) is 0 Å². The van der Waals surface area contributed by atoms with Crippen LogP contribution in [0.15, 0.2) is 76.6 Å². The summed E-state index contributed by atoms with van der Waals surface area (Å²) in [6, 6.07) is 15.9. The molecule has 2 heterocycles. The van der Waals surface area contributed by atoms with Gasteiger partial charge in [-0.25, -0.2) is 18.4 Å². The van der Waals surface area contributed by atoms with Gasteiger partial charge in [0.2, 0.25) is 0 Å². The van der Waals surface area contributed by atoms with Crippen LogP contribution in [0.3, 0.4) is 0 Å². The van der Waals surface area contributed by atoms with E-state index in [2.05, 4.69) is 19.8 Å². The van der Waals surface area contributed by atoms with Crippen LogP contribution in [0, 0.1) is 13.8 Å². The maximum absolute atomic E-state index is 12.8. The molecule has 0 bridgehead atoms. The van der Waals surface area contributed by atoms with Crippen molar-refractivity contribution in [3.63, 3.8) is 0 Å². The Labute approximate surface area is 213 Å². The van der Waals surface area contributed by atoms with E-state index in [1.807, 2.05) is 44.2 Å². The SMILES string of the molecule is COc1cc(-c2cc(Cl)ccc2C)c(C)cc1-c1ncnc2cc(S(=O)(=O)Nc3ccon3)ccc12. The maximum atomic E-state index is 12.8. The van der Waals surface area contributed by atoms with E-state index in [0.717, 1.165) is 27.8 Å². The van der Waals surface area contributed by atoms with Gasteiger partial charge in [-0.15, -0.1) is 0 Å². The van der Waals surface area contributed by atoms with Gasteiger partial charge >= 0.3 is 0 Å². The fourth-order valence-electron chi connectivity index (χ4n) is 4.10. The Balaban J connectivity index is 1.61. The van der Waals surface area contributed by atoms with Crippen molar-refractivity contribution in [2.75, 3.05) is 11.8 Å². The summed E-state index contributed by atoms with van der Waals surface area (Å²) in [5, 5.41) is 4.94. The van der Waals surface area contributed by atoms with Gasteiger partial charge in [-0.05, 0) is 78.6 Å². The van der Waals surface area contributed by atoms with Crippen LogP contribution in [-0.2, 0) is 10.0 Å². The van der Waals surface area contributed by atoms with Crippen LogP contribution in [0.1, 0.15) is 11.1 Å². The number of hydrogen-bond donors (Lipinski definition) is 1. The molecule has 3 aromatic carbocycles. The van der Waals surface area contributed by atoms with Gasteiger partial charge in [-0.3, -0.25) is 4.72 Å². The van der Waals surface area contributed by atoms with Crippen molar-refractivity contribution >= 4 is 38.3 Å². The van der Waals surface area contributed by atoms with Gasteiger partial charge in [0.25, 0.3) is 10.0 Å². The number of methoxy groups -OCH3 is 1. The molecule has 0 aliphatic carbocycles. The van der Waals surface area contributed by atoms with Crippen molar-refractivity contribution in [2.45, 2.75) is 18.7 Å². The van der Waals surface area contributed by atoms with E-state index in [0.29, 0.717) is 27.4 Å². The number of ether oxygens (including phenoxy) is 1. The summed E-state index contributed by atoms with van der Waals surface area (Å²) in [7, 11) is -2.28. The summed E-state index contributed by atoms with van der Waals surface area (Å²) >= 11 is 6.27. The van der Waals surface area contributed by atoms with E-state index in [-0.39, 0.29) is 10.7 Å². The molecular weight excluding hydrogens is 500 g/mol. The molecule has 2 aromatic heterocycles. The summed E-state index contributed by atoms with van der Waals surface area (Å²) in [5.74, 6) is 0.716. The number of anilines is 1. The Morgan fingerprint density at radius 2 is 1.72 bits per heavy atom. The summed E-state index contributed by atoms with van der Waals surface area (Å²) in [5.41, 5.74) is 5.99. The number of aromatic nitrogens is 3. The first-order valence-electron chi connectivity index (χ1n) is 10.9. The molecule has 36 heavy (non-hydrogen) atoms. The molecule has 0 fully saturated rings. The van der Waals surface area contributed by atoms with Gasteiger partial charge in [0, 0.05) is 22.0 Å². The lowest BCUT2D eigenvalue weighted by atomic mass is 9.93. The predicted octanol–water partition coefficient (Wildman–Crippen LogP) is 6.03. The third-order valence-electron chi connectivity index (χ3n) is 5.89. The zero-order chi connectivity index (χ0) is 25.4. The smallest absolute Gasteiger partial charge is 0.263 e. The first kappa shape index (κ1) is 23.8. The monoisotopic (exact) mass is 520 g/mol. The Morgan fingerprint density at radius 3 is 2.47 bits per heavy atom. The molecule has 0 saturated carbocycles. The number of hydrogen-bond acceptors (Lipinski definition) is 7. The van der Waals surface area contributed by atoms with Crippen molar-refractivity contribution < 1.29 is 17.7 Å². The zero-order valence-corrected chi connectivity index (χ0v) is 21.2. The van der Waals surface area contributed by atoms with Crippen molar-refractivity contribution in [3.8, 4) is 28.1 Å². The zero-order valence-electron chi connectivity index (χ0n) is 19.6. The van der Waals surface area contributed by atoms with Gasteiger partial charge < -0.3 is 9.26 Å². The number of aryl methyl sites for hydroxylation is 2. The van der Waals surface area contributed by atoms with Crippen molar-refractivity contribution in [3.05, 3.63) is 83.3 Å². The fraction of sp³-hybridized carbons (Fsp3) is 0.115. The van der Waals surface area contributed by atoms with E-state index in [4.69, 9.17) is 20.9 Å². The lowest BCUT2D eigenvalue weighted by Crippen LogP contribution is -2.13. The van der Waals surface area contributed by atoms with Crippen molar-refractivity contribution in [1.82, 2.24) is 15.1 Å². The Kier molecular flexibility index (Phi) is 6.11. The van der Waals surface area contributed by atoms with Crippen LogP contribution in [-0.4, -0.2) is 30.7 Å². The molecule has 0 saturated heterocycles. The second-order valence-corrected chi connectivity index (χ2v) is 10.3. The molecule has 0 unspecified atom stereocenters. The number of halogens is 1. The molecule has 0 aliphatic rings. The van der Waals surface area contributed by atoms with Gasteiger partial charge in [0.05, 0.1) is 23.2 Å². The average molecular weight is 521 g/mol. The van der Waals surface area contributed by atoms with E-state index < -0.39 is 10.0 Å². The third kappa shape index (κ3) is 4.38.